The zero-order valence-corrected chi connectivity index (χ0v) is 8.79. The fourth-order valence-electron chi connectivity index (χ4n) is 1.68. The third kappa shape index (κ3) is 1.25. The number of para-hydroxylation sites is 1. The quantitative estimate of drug-likeness (QED) is 0.651. The van der Waals surface area contributed by atoms with Gasteiger partial charge in [0, 0.05) is 10.9 Å². The lowest BCUT2D eigenvalue weighted by Gasteiger charge is -1.95. The van der Waals surface area contributed by atoms with Crippen molar-refractivity contribution in [2.75, 3.05) is 0 Å². The summed E-state index contributed by atoms with van der Waals surface area (Å²) in [5.41, 5.74) is 3.40. The van der Waals surface area contributed by atoms with Gasteiger partial charge in [0.25, 0.3) is 0 Å². The SMILES string of the molecule is C/C=C(/C)c1oc2ccccc2c1C. The van der Waals surface area contributed by atoms with Gasteiger partial charge in [-0.1, -0.05) is 24.3 Å². The van der Waals surface area contributed by atoms with Gasteiger partial charge in [0.2, 0.25) is 0 Å². The summed E-state index contributed by atoms with van der Waals surface area (Å²) in [6.45, 7) is 6.21. The van der Waals surface area contributed by atoms with Crippen molar-refractivity contribution in [1.82, 2.24) is 0 Å². The van der Waals surface area contributed by atoms with Crippen LogP contribution in [0.5, 0.6) is 0 Å². The number of furan rings is 1. The molecule has 0 saturated heterocycles. The van der Waals surface area contributed by atoms with E-state index in [4.69, 9.17) is 4.42 Å². The monoisotopic (exact) mass is 186 g/mol. The minimum atomic E-state index is 0.973. The van der Waals surface area contributed by atoms with E-state index < -0.39 is 0 Å². The second-order valence-corrected chi connectivity index (χ2v) is 3.52. The first-order chi connectivity index (χ1) is 6.74. The van der Waals surface area contributed by atoms with E-state index in [-0.39, 0.29) is 0 Å². The summed E-state index contributed by atoms with van der Waals surface area (Å²) in [6.07, 6.45) is 2.07. The molecule has 0 unspecified atom stereocenters. The van der Waals surface area contributed by atoms with Crippen LogP contribution in [0.2, 0.25) is 0 Å². The van der Waals surface area contributed by atoms with Gasteiger partial charge in [-0.15, -0.1) is 0 Å². The summed E-state index contributed by atoms with van der Waals surface area (Å²) in [5, 5.41) is 1.21. The smallest absolute Gasteiger partial charge is 0.135 e. The molecule has 1 heterocycles. The molecule has 1 heteroatoms. The number of rotatable bonds is 1. The fraction of sp³-hybridized carbons (Fsp3) is 0.231. The van der Waals surface area contributed by atoms with Gasteiger partial charge in [0.1, 0.15) is 11.3 Å². The van der Waals surface area contributed by atoms with Gasteiger partial charge >= 0.3 is 0 Å². The largest absolute Gasteiger partial charge is 0.456 e. The maximum absolute atomic E-state index is 5.78. The Balaban J connectivity index is 2.75. The lowest BCUT2D eigenvalue weighted by molar-refractivity contribution is 0.596. The number of allylic oxidation sites excluding steroid dienone is 2. The first-order valence-corrected chi connectivity index (χ1v) is 4.85. The van der Waals surface area contributed by atoms with E-state index >= 15 is 0 Å². The van der Waals surface area contributed by atoms with E-state index in [9.17, 15) is 0 Å². The number of aryl methyl sites for hydroxylation is 1. The maximum Gasteiger partial charge on any atom is 0.135 e. The topological polar surface area (TPSA) is 13.1 Å². The fourth-order valence-corrected chi connectivity index (χ4v) is 1.68. The van der Waals surface area contributed by atoms with Crippen molar-refractivity contribution in [2.24, 2.45) is 0 Å². The van der Waals surface area contributed by atoms with E-state index in [1.165, 1.54) is 16.5 Å². The van der Waals surface area contributed by atoms with E-state index in [0.717, 1.165) is 11.3 Å². The summed E-state index contributed by atoms with van der Waals surface area (Å²) >= 11 is 0. The summed E-state index contributed by atoms with van der Waals surface area (Å²) in [6, 6.07) is 8.15. The number of benzene rings is 1. The zero-order valence-electron chi connectivity index (χ0n) is 8.79. The molecule has 0 spiro atoms. The molecule has 72 valence electrons. The summed E-state index contributed by atoms with van der Waals surface area (Å²) < 4.78 is 5.78. The molecular weight excluding hydrogens is 172 g/mol. The predicted octanol–water partition coefficient (Wildman–Crippen LogP) is 4.16. The van der Waals surface area contributed by atoms with Crippen LogP contribution in [0.3, 0.4) is 0 Å². The van der Waals surface area contributed by atoms with Gasteiger partial charge in [0.15, 0.2) is 0 Å². The predicted molar refractivity (Wildman–Crippen MR) is 60.3 cm³/mol. The van der Waals surface area contributed by atoms with E-state index in [1.807, 2.05) is 25.1 Å². The molecule has 0 aliphatic rings. The van der Waals surface area contributed by atoms with Crippen molar-refractivity contribution in [1.29, 1.82) is 0 Å². The lowest BCUT2D eigenvalue weighted by atomic mass is 10.1. The van der Waals surface area contributed by atoms with Crippen LogP contribution < -0.4 is 0 Å². The summed E-state index contributed by atoms with van der Waals surface area (Å²) in [7, 11) is 0. The van der Waals surface area contributed by atoms with Crippen LogP contribution in [-0.2, 0) is 0 Å². The van der Waals surface area contributed by atoms with Crippen LogP contribution in [0.15, 0.2) is 34.8 Å². The Morgan fingerprint density at radius 1 is 1.29 bits per heavy atom. The highest BCUT2D eigenvalue weighted by Crippen LogP contribution is 2.29. The highest BCUT2D eigenvalue weighted by Gasteiger charge is 2.09. The first kappa shape index (κ1) is 9.07. The average molecular weight is 186 g/mol. The summed E-state index contributed by atoms with van der Waals surface area (Å²) in [4.78, 5) is 0. The van der Waals surface area contributed by atoms with Crippen LogP contribution in [0, 0.1) is 6.92 Å². The van der Waals surface area contributed by atoms with Crippen molar-refractivity contribution in [3.05, 3.63) is 41.7 Å². The Kier molecular flexibility index (Phi) is 2.16. The molecule has 0 fully saturated rings. The van der Waals surface area contributed by atoms with Gasteiger partial charge in [-0.05, 0) is 32.4 Å². The third-order valence-corrected chi connectivity index (χ3v) is 2.63. The Morgan fingerprint density at radius 3 is 2.64 bits per heavy atom. The minimum absolute atomic E-state index is 0.973. The molecular formula is C13H14O. The molecule has 0 atom stereocenters. The second-order valence-electron chi connectivity index (χ2n) is 3.52. The Hall–Kier alpha value is -1.50. The Bertz CT molecular complexity index is 489. The van der Waals surface area contributed by atoms with Crippen LogP contribution >= 0.6 is 0 Å². The van der Waals surface area contributed by atoms with Gasteiger partial charge in [-0.3, -0.25) is 0 Å². The molecule has 1 aromatic carbocycles. The van der Waals surface area contributed by atoms with Crippen molar-refractivity contribution >= 4 is 16.5 Å². The molecule has 0 N–H and O–H groups in total. The average Bonchev–Trinajstić information content (AvgIpc) is 2.56. The molecule has 1 nitrogen and oxygen atoms in total. The Morgan fingerprint density at radius 2 is 2.00 bits per heavy atom. The second kappa shape index (κ2) is 3.33. The Labute approximate surface area is 84.0 Å². The van der Waals surface area contributed by atoms with Crippen molar-refractivity contribution in [3.63, 3.8) is 0 Å². The molecule has 0 bridgehead atoms. The number of hydrogen-bond acceptors (Lipinski definition) is 1. The highest BCUT2D eigenvalue weighted by atomic mass is 16.3. The molecule has 14 heavy (non-hydrogen) atoms. The molecule has 2 rings (SSSR count). The molecule has 2 aromatic rings. The molecule has 0 aliphatic carbocycles. The van der Waals surface area contributed by atoms with Crippen molar-refractivity contribution in [2.45, 2.75) is 20.8 Å². The zero-order chi connectivity index (χ0) is 10.1. The first-order valence-electron chi connectivity index (χ1n) is 4.85. The van der Waals surface area contributed by atoms with Crippen LogP contribution in [0.1, 0.15) is 25.2 Å². The molecule has 0 amide bonds. The van der Waals surface area contributed by atoms with Gasteiger partial charge in [-0.25, -0.2) is 0 Å². The van der Waals surface area contributed by atoms with Crippen molar-refractivity contribution in [3.8, 4) is 0 Å². The standard InChI is InChI=1S/C13H14O/c1-4-9(2)13-10(3)11-7-5-6-8-12(11)14-13/h4-8H,1-3H3/b9-4-. The van der Waals surface area contributed by atoms with Crippen LogP contribution in [0.4, 0.5) is 0 Å². The number of hydrogen-bond donors (Lipinski definition) is 0. The summed E-state index contributed by atoms with van der Waals surface area (Å²) in [5.74, 6) is 1.01. The lowest BCUT2D eigenvalue weighted by Crippen LogP contribution is -1.77. The van der Waals surface area contributed by atoms with Crippen molar-refractivity contribution < 1.29 is 4.42 Å². The van der Waals surface area contributed by atoms with E-state index in [1.54, 1.807) is 0 Å². The minimum Gasteiger partial charge on any atom is -0.456 e. The van der Waals surface area contributed by atoms with Gasteiger partial charge < -0.3 is 4.42 Å². The third-order valence-electron chi connectivity index (χ3n) is 2.63. The highest BCUT2D eigenvalue weighted by molar-refractivity contribution is 5.85. The molecule has 0 aliphatic heterocycles. The number of fused-ring (bicyclic) bond motifs is 1. The van der Waals surface area contributed by atoms with Crippen LogP contribution in [-0.4, -0.2) is 0 Å². The molecule has 0 saturated carbocycles. The van der Waals surface area contributed by atoms with Gasteiger partial charge in [-0.2, -0.15) is 0 Å². The van der Waals surface area contributed by atoms with E-state index in [0.29, 0.717) is 0 Å². The maximum atomic E-state index is 5.78. The van der Waals surface area contributed by atoms with Gasteiger partial charge in [0.05, 0.1) is 0 Å². The molecule has 1 aromatic heterocycles. The molecule has 0 radical (unpaired) electrons. The normalized spacial score (nSPS) is 12.4. The van der Waals surface area contributed by atoms with Crippen LogP contribution in [0.25, 0.3) is 16.5 Å². The van der Waals surface area contributed by atoms with E-state index in [2.05, 4.69) is 26.0 Å².